The van der Waals surface area contributed by atoms with Gasteiger partial charge in [0.15, 0.2) is 15.0 Å². The molecule has 1 aliphatic heterocycles. The second kappa shape index (κ2) is 7.60. The fourth-order valence-electron chi connectivity index (χ4n) is 3.35. The SMILES string of the molecule is Cc1ccc(-n2c(SCC(=O)NC3CCS(=O)(=O)C3)nc3ccccc32)cc1. The van der Waals surface area contributed by atoms with Crippen molar-refractivity contribution >= 4 is 38.5 Å². The highest BCUT2D eigenvalue weighted by Gasteiger charge is 2.29. The summed E-state index contributed by atoms with van der Waals surface area (Å²) in [7, 11) is -3.01. The van der Waals surface area contributed by atoms with Gasteiger partial charge in [0.2, 0.25) is 5.91 Å². The molecule has 28 heavy (non-hydrogen) atoms. The Balaban J connectivity index is 1.54. The van der Waals surface area contributed by atoms with Crippen molar-refractivity contribution < 1.29 is 13.2 Å². The first kappa shape index (κ1) is 19.0. The van der Waals surface area contributed by atoms with E-state index in [1.807, 2.05) is 60.0 Å². The van der Waals surface area contributed by atoms with E-state index in [1.54, 1.807) is 0 Å². The summed E-state index contributed by atoms with van der Waals surface area (Å²) < 4.78 is 25.2. The highest BCUT2D eigenvalue weighted by Crippen LogP contribution is 2.28. The molecule has 1 unspecified atom stereocenters. The summed E-state index contributed by atoms with van der Waals surface area (Å²) >= 11 is 1.35. The summed E-state index contributed by atoms with van der Waals surface area (Å²) in [5.74, 6) is 0.195. The lowest BCUT2D eigenvalue weighted by atomic mass is 10.2. The Morgan fingerprint density at radius 1 is 1.21 bits per heavy atom. The van der Waals surface area contributed by atoms with E-state index in [2.05, 4.69) is 10.3 Å². The largest absolute Gasteiger partial charge is 0.352 e. The number of nitrogens with one attached hydrogen (secondary N) is 1. The van der Waals surface area contributed by atoms with Crippen molar-refractivity contribution in [1.29, 1.82) is 0 Å². The molecule has 6 nitrogen and oxygen atoms in total. The summed E-state index contributed by atoms with van der Waals surface area (Å²) in [4.78, 5) is 17.0. The normalized spacial score (nSPS) is 18.4. The summed E-state index contributed by atoms with van der Waals surface area (Å²) in [6.45, 7) is 2.04. The van der Waals surface area contributed by atoms with Crippen LogP contribution in [0, 0.1) is 6.92 Å². The molecule has 1 aromatic heterocycles. The Kier molecular flexibility index (Phi) is 5.16. The zero-order chi connectivity index (χ0) is 19.7. The quantitative estimate of drug-likeness (QED) is 0.648. The van der Waals surface area contributed by atoms with Crippen molar-refractivity contribution in [3.05, 3.63) is 54.1 Å². The predicted molar refractivity (Wildman–Crippen MR) is 112 cm³/mol. The van der Waals surface area contributed by atoms with Crippen LogP contribution in [-0.4, -0.2) is 47.2 Å². The van der Waals surface area contributed by atoms with Crippen molar-refractivity contribution in [2.75, 3.05) is 17.3 Å². The maximum atomic E-state index is 12.3. The monoisotopic (exact) mass is 415 g/mol. The van der Waals surface area contributed by atoms with Crippen LogP contribution in [0.1, 0.15) is 12.0 Å². The van der Waals surface area contributed by atoms with Crippen molar-refractivity contribution in [3.63, 3.8) is 0 Å². The van der Waals surface area contributed by atoms with Crippen LogP contribution in [0.25, 0.3) is 16.7 Å². The average Bonchev–Trinajstić information content (AvgIpc) is 3.20. The predicted octanol–water partition coefficient (Wildman–Crippen LogP) is 2.73. The number of para-hydroxylation sites is 2. The molecule has 0 bridgehead atoms. The zero-order valence-electron chi connectivity index (χ0n) is 15.5. The van der Waals surface area contributed by atoms with Crippen LogP contribution in [0.3, 0.4) is 0 Å². The van der Waals surface area contributed by atoms with E-state index in [1.165, 1.54) is 17.3 Å². The van der Waals surface area contributed by atoms with Crippen LogP contribution in [-0.2, 0) is 14.6 Å². The number of imidazole rings is 1. The molecule has 8 heteroatoms. The first-order valence-corrected chi connectivity index (χ1v) is 11.9. The van der Waals surface area contributed by atoms with Crippen LogP contribution < -0.4 is 5.32 Å². The highest BCUT2D eigenvalue weighted by atomic mass is 32.2. The smallest absolute Gasteiger partial charge is 0.230 e. The maximum absolute atomic E-state index is 12.3. The zero-order valence-corrected chi connectivity index (χ0v) is 17.1. The molecule has 0 saturated carbocycles. The fourth-order valence-corrected chi connectivity index (χ4v) is 5.86. The lowest BCUT2D eigenvalue weighted by Crippen LogP contribution is -2.36. The number of aromatic nitrogens is 2. The van der Waals surface area contributed by atoms with Crippen LogP contribution in [0.5, 0.6) is 0 Å². The number of carbonyl (C=O) groups excluding carboxylic acids is 1. The minimum atomic E-state index is -3.01. The van der Waals surface area contributed by atoms with Crippen LogP contribution >= 0.6 is 11.8 Å². The highest BCUT2D eigenvalue weighted by molar-refractivity contribution is 7.99. The van der Waals surface area contributed by atoms with Gasteiger partial charge in [-0.1, -0.05) is 41.6 Å². The molecule has 0 aliphatic carbocycles. The number of hydrogen-bond donors (Lipinski definition) is 1. The van der Waals surface area contributed by atoms with Crippen LogP contribution in [0.4, 0.5) is 0 Å². The Hall–Kier alpha value is -2.32. The number of carbonyl (C=O) groups is 1. The van der Waals surface area contributed by atoms with Gasteiger partial charge in [0, 0.05) is 11.7 Å². The van der Waals surface area contributed by atoms with E-state index in [4.69, 9.17) is 0 Å². The molecule has 2 aromatic carbocycles. The van der Waals surface area contributed by atoms with E-state index in [-0.39, 0.29) is 29.2 Å². The van der Waals surface area contributed by atoms with Gasteiger partial charge >= 0.3 is 0 Å². The van der Waals surface area contributed by atoms with E-state index in [9.17, 15) is 13.2 Å². The van der Waals surface area contributed by atoms with Crippen molar-refractivity contribution in [3.8, 4) is 5.69 Å². The first-order valence-electron chi connectivity index (χ1n) is 9.08. The molecular weight excluding hydrogens is 394 g/mol. The first-order chi connectivity index (χ1) is 13.4. The van der Waals surface area contributed by atoms with Gasteiger partial charge in [0.05, 0.1) is 28.3 Å². The third kappa shape index (κ3) is 4.07. The molecule has 1 fully saturated rings. The molecule has 1 atom stereocenters. The number of hydrogen-bond acceptors (Lipinski definition) is 5. The lowest BCUT2D eigenvalue weighted by Gasteiger charge is -2.12. The Bertz CT molecular complexity index is 1120. The maximum Gasteiger partial charge on any atom is 0.230 e. The van der Waals surface area contributed by atoms with Gasteiger partial charge in [-0.2, -0.15) is 0 Å². The van der Waals surface area contributed by atoms with Crippen LogP contribution in [0.15, 0.2) is 53.7 Å². The van der Waals surface area contributed by atoms with E-state index >= 15 is 0 Å². The molecule has 2 heterocycles. The third-order valence-electron chi connectivity index (χ3n) is 4.75. The van der Waals surface area contributed by atoms with Crippen LogP contribution in [0.2, 0.25) is 0 Å². The topological polar surface area (TPSA) is 81.1 Å². The van der Waals surface area contributed by atoms with E-state index in [0.717, 1.165) is 21.9 Å². The van der Waals surface area contributed by atoms with Gasteiger partial charge in [-0.05, 0) is 37.6 Å². The molecule has 3 aromatic rings. The second-order valence-corrected chi connectivity index (χ2v) is 10.2. The van der Waals surface area contributed by atoms with Gasteiger partial charge in [0.1, 0.15) is 0 Å². The number of aryl methyl sites for hydroxylation is 1. The summed E-state index contributed by atoms with van der Waals surface area (Å²) in [5, 5.41) is 3.56. The van der Waals surface area contributed by atoms with Gasteiger partial charge in [-0.15, -0.1) is 0 Å². The average molecular weight is 416 g/mol. The van der Waals surface area contributed by atoms with Crippen molar-refractivity contribution in [2.45, 2.75) is 24.5 Å². The minimum Gasteiger partial charge on any atom is -0.352 e. The molecule has 1 N–H and O–H groups in total. The fraction of sp³-hybridized carbons (Fsp3) is 0.300. The number of benzene rings is 2. The number of rotatable bonds is 5. The molecular formula is C20H21N3O3S2. The number of sulfone groups is 1. The molecule has 0 spiro atoms. The Morgan fingerprint density at radius 3 is 2.68 bits per heavy atom. The second-order valence-electron chi connectivity index (χ2n) is 7.01. The minimum absolute atomic E-state index is 0.0330. The number of amides is 1. The molecule has 1 saturated heterocycles. The molecule has 146 valence electrons. The lowest BCUT2D eigenvalue weighted by molar-refractivity contribution is -0.119. The van der Waals surface area contributed by atoms with E-state index < -0.39 is 9.84 Å². The summed E-state index contributed by atoms with van der Waals surface area (Å²) in [6.07, 6.45) is 0.487. The van der Waals surface area contributed by atoms with Crippen molar-refractivity contribution in [1.82, 2.24) is 14.9 Å². The molecule has 4 rings (SSSR count). The van der Waals surface area contributed by atoms with Crippen molar-refractivity contribution in [2.24, 2.45) is 0 Å². The summed E-state index contributed by atoms with van der Waals surface area (Å²) in [5.41, 5.74) is 4.02. The van der Waals surface area contributed by atoms with Gasteiger partial charge < -0.3 is 5.32 Å². The molecule has 0 radical (unpaired) electrons. The van der Waals surface area contributed by atoms with E-state index in [0.29, 0.717) is 6.42 Å². The standard InChI is InChI=1S/C20H21N3O3S2/c1-14-6-8-16(9-7-14)23-18-5-3-2-4-17(18)22-20(23)27-12-19(24)21-15-10-11-28(25,26)13-15/h2-9,15H,10-13H2,1H3,(H,21,24). The van der Waals surface area contributed by atoms with Gasteiger partial charge in [-0.3, -0.25) is 9.36 Å². The third-order valence-corrected chi connectivity index (χ3v) is 7.46. The Morgan fingerprint density at radius 2 is 1.96 bits per heavy atom. The Labute approximate surface area is 168 Å². The van der Waals surface area contributed by atoms with Gasteiger partial charge in [-0.25, -0.2) is 13.4 Å². The molecule has 1 amide bonds. The number of nitrogens with zero attached hydrogens (tertiary/aromatic N) is 2. The number of thioether (sulfide) groups is 1. The number of fused-ring (bicyclic) bond motifs is 1. The summed E-state index contributed by atoms with van der Waals surface area (Å²) in [6, 6.07) is 15.8. The molecule has 1 aliphatic rings. The van der Waals surface area contributed by atoms with Gasteiger partial charge in [0.25, 0.3) is 0 Å².